The Morgan fingerprint density at radius 2 is 2.17 bits per heavy atom. The number of nitrogens with one attached hydrogen (secondary N) is 1. The maximum atomic E-state index is 12.8. The lowest BCUT2D eigenvalue weighted by atomic mass is 10.1. The standard InChI is InChI=1S/C20H21N3O/c24-20(10-9-15-14-22-18-7-2-1-6-17(15)18)23-12-4-8-19(23)16-5-3-11-21-13-16/h1-3,5-7,11,13-14,19,22H,4,8-10,12H2/t19-/m1/s1. The van der Waals surface area contributed by atoms with Gasteiger partial charge in [-0.15, -0.1) is 0 Å². The highest BCUT2D eigenvalue weighted by atomic mass is 16.2. The van der Waals surface area contributed by atoms with E-state index in [-0.39, 0.29) is 11.9 Å². The summed E-state index contributed by atoms with van der Waals surface area (Å²) in [7, 11) is 0. The topological polar surface area (TPSA) is 49.0 Å². The number of benzene rings is 1. The SMILES string of the molecule is O=C(CCc1c[nH]c2ccccc12)N1CCC[C@@H]1c1cccnc1. The molecule has 0 saturated carbocycles. The number of aryl methyl sites for hydroxylation is 1. The summed E-state index contributed by atoms with van der Waals surface area (Å²) in [5.74, 6) is 0.242. The zero-order valence-corrected chi connectivity index (χ0v) is 13.6. The number of hydrogen-bond acceptors (Lipinski definition) is 2. The molecule has 0 aliphatic carbocycles. The van der Waals surface area contributed by atoms with Crippen molar-refractivity contribution < 1.29 is 4.79 Å². The van der Waals surface area contributed by atoms with E-state index < -0.39 is 0 Å². The number of H-pyrrole nitrogens is 1. The van der Waals surface area contributed by atoms with Crippen LogP contribution in [0.5, 0.6) is 0 Å². The average molecular weight is 319 g/mol. The maximum absolute atomic E-state index is 12.8. The number of aromatic amines is 1. The lowest BCUT2D eigenvalue weighted by Gasteiger charge is -2.25. The zero-order valence-electron chi connectivity index (χ0n) is 13.6. The molecule has 24 heavy (non-hydrogen) atoms. The van der Waals surface area contributed by atoms with Crippen LogP contribution in [-0.2, 0) is 11.2 Å². The van der Waals surface area contributed by atoms with E-state index in [1.54, 1.807) is 6.20 Å². The third-order valence-electron chi connectivity index (χ3n) is 4.93. The van der Waals surface area contributed by atoms with E-state index in [9.17, 15) is 4.79 Å². The molecule has 3 heterocycles. The number of carbonyl (C=O) groups excluding carboxylic acids is 1. The second kappa shape index (κ2) is 6.48. The molecule has 4 rings (SSSR count). The van der Waals surface area contributed by atoms with Crippen LogP contribution < -0.4 is 0 Å². The average Bonchev–Trinajstić information content (AvgIpc) is 3.28. The summed E-state index contributed by atoms with van der Waals surface area (Å²) in [6.07, 6.45) is 9.12. The predicted molar refractivity (Wildman–Crippen MR) is 94.5 cm³/mol. The summed E-state index contributed by atoms with van der Waals surface area (Å²) in [5, 5.41) is 1.22. The van der Waals surface area contributed by atoms with E-state index in [1.807, 2.05) is 35.5 Å². The molecule has 3 aromatic rings. The number of carbonyl (C=O) groups is 1. The summed E-state index contributed by atoms with van der Waals surface area (Å²) < 4.78 is 0. The summed E-state index contributed by atoms with van der Waals surface area (Å²) in [6, 6.07) is 12.5. The Morgan fingerprint density at radius 1 is 1.25 bits per heavy atom. The Morgan fingerprint density at radius 3 is 3.04 bits per heavy atom. The summed E-state index contributed by atoms with van der Waals surface area (Å²) >= 11 is 0. The number of pyridine rings is 1. The zero-order chi connectivity index (χ0) is 16.4. The molecular weight excluding hydrogens is 298 g/mol. The van der Waals surface area contributed by atoms with Crippen molar-refractivity contribution >= 4 is 16.8 Å². The van der Waals surface area contributed by atoms with E-state index in [0.717, 1.165) is 36.9 Å². The van der Waals surface area contributed by atoms with E-state index in [0.29, 0.717) is 6.42 Å². The number of hydrogen-bond donors (Lipinski definition) is 1. The van der Waals surface area contributed by atoms with Crippen molar-refractivity contribution in [2.45, 2.75) is 31.7 Å². The van der Waals surface area contributed by atoms with Gasteiger partial charge in [0.15, 0.2) is 0 Å². The number of amides is 1. The number of likely N-dealkylation sites (tertiary alicyclic amines) is 1. The normalized spacial score (nSPS) is 17.5. The third-order valence-corrected chi connectivity index (χ3v) is 4.93. The monoisotopic (exact) mass is 319 g/mol. The van der Waals surface area contributed by atoms with Gasteiger partial charge in [0.1, 0.15) is 0 Å². The van der Waals surface area contributed by atoms with Crippen LogP contribution in [0.1, 0.15) is 36.4 Å². The van der Waals surface area contributed by atoms with Gasteiger partial charge in [0.05, 0.1) is 6.04 Å². The Kier molecular flexibility index (Phi) is 4.03. The number of para-hydroxylation sites is 1. The minimum Gasteiger partial charge on any atom is -0.361 e. The fraction of sp³-hybridized carbons (Fsp3) is 0.300. The number of rotatable bonds is 4. The molecule has 1 atom stereocenters. The molecule has 4 heteroatoms. The van der Waals surface area contributed by atoms with Crippen LogP contribution in [0.15, 0.2) is 55.0 Å². The van der Waals surface area contributed by atoms with Gasteiger partial charge in [0.2, 0.25) is 5.91 Å². The van der Waals surface area contributed by atoms with E-state index in [4.69, 9.17) is 0 Å². The minimum absolute atomic E-state index is 0.189. The van der Waals surface area contributed by atoms with Crippen molar-refractivity contribution in [2.75, 3.05) is 6.54 Å². The van der Waals surface area contributed by atoms with Crippen LogP contribution in [0.25, 0.3) is 10.9 Å². The Balaban J connectivity index is 1.46. The van der Waals surface area contributed by atoms with Crippen LogP contribution >= 0.6 is 0 Å². The Hall–Kier alpha value is -2.62. The molecule has 1 N–H and O–H groups in total. The first-order valence-electron chi connectivity index (χ1n) is 8.57. The molecule has 1 saturated heterocycles. The number of fused-ring (bicyclic) bond motifs is 1. The van der Waals surface area contributed by atoms with Crippen LogP contribution in [-0.4, -0.2) is 27.3 Å². The van der Waals surface area contributed by atoms with Crippen LogP contribution in [0.3, 0.4) is 0 Å². The largest absolute Gasteiger partial charge is 0.361 e. The maximum Gasteiger partial charge on any atom is 0.223 e. The van der Waals surface area contributed by atoms with Crippen molar-refractivity contribution in [3.8, 4) is 0 Å². The Labute approximate surface area is 141 Å². The summed E-state index contributed by atoms with van der Waals surface area (Å²) in [5.41, 5.74) is 3.50. The molecule has 1 aliphatic heterocycles. The lowest BCUT2D eigenvalue weighted by Crippen LogP contribution is -2.30. The van der Waals surface area contributed by atoms with Crippen molar-refractivity contribution in [1.82, 2.24) is 14.9 Å². The fourth-order valence-corrected chi connectivity index (χ4v) is 3.71. The van der Waals surface area contributed by atoms with Crippen molar-refractivity contribution in [2.24, 2.45) is 0 Å². The molecule has 1 fully saturated rings. The van der Waals surface area contributed by atoms with E-state index in [2.05, 4.69) is 28.2 Å². The van der Waals surface area contributed by atoms with Crippen molar-refractivity contribution in [3.05, 3.63) is 66.1 Å². The van der Waals surface area contributed by atoms with E-state index in [1.165, 1.54) is 10.9 Å². The third kappa shape index (κ3) is 2.80. The van der Waals surface area contributed by atoms with Gasteiger partial charge in [0.25, 0.3) is 0 Å². The van der Waals surface area contributed by atoms with Gasteiger partial charge in [-0.25, -0.2) is 0 Å². The molecule has 0 radical (unpaired) electrons. The lowest BCUT2D eigenvalue weighted by molar-refractivity contribution is -0.132. The Bertz CT molecular complexity index is 840. The highest BCUT2D eigenvalue weighted by molar-refractivity contribution is 5.84. The van der Waals surface area contributed by atoms with Crippen LogP contribution in [0.2, 0.25) is 0 Å². The predicted octanol–water partition coefficient (Wildman–Crippen LogP) is 3.86. The molecule has 1 amide bonds. The molecular formula is C20H21N3O. The quantitative estimate of drug-likeness (QED) is 0.794. The van der Waals surface area contributed by atoms with Gasteiger partial charge in [-0.05, 0) is 42.5 Å². The first kappa shape index (κ1) is 14.9. The molecule has 4 nitrogen and oxygen atoms in total. The highest BCUT2D eigenvalue weighted by Crippen LogP contribution is 2.32. The van der Waals surface area contributed by atoms with Gasteiger partial charge >= 0.3 is 0 Å². The number of aromatic nitrogens is 2. The molecule has 0 bridgehead atoms. The summed E-state index contributed by atoms with van der Waals surface area (Å²) in [6.45, 7) is 0.853. The van der Waals surface area contributed by atoms with Crippen LogP contribution in [0.4, 0.5) is 0 Å². The second-order valence-corrected chi connectivity index (χ2v) is 6.39. The van der Waals surface area contributed by atoms with Crippen LogP contribution in [0, 0.1) is 0 Å². The molecule has 1 aliphatic rings. The number of nitrogens with zero attached hydrogens (tertiary/aromatic N) is 2. The van der Waals surface area contributed by atoms with Gasteiger partial charge < -0.3 is 9.88 Å². The first-order valence-corrected chi connectivity index (χ1v) is 8.57. The highest BCUT2D eigenvalue weighted by Gasteiger charge is 2.29. The van der Waals surface area contributed by atoms with E-state index >= 15 is 0 Å². The van der Waals surface area contributed by atoms with Gasteiger partial charge in [-0.3, -0.25) is 9.78 Å². The van der Waals surface area contributed by atoms with Crippen molar-refractivity contribution in [1.29, 1.82) is 0 Å². The molecule has 2 aromatic heterocycles. The van der Waals surface area contributed by atoms with Gasteiger partial charge in [0, 0.05) is 42.5 Å². The van der Waals surface area contributed by atoms with Gasteiger partial charge in [-0.2, -0.15) is 0 Å². The minimum atomic E-state index is 0.189. The first-order chi connectivity index (χ1) is 11.8. The smallest absolute Gasteiger partial charge is 0.223 e. The molecule has 0 spiro atoms. The molecule has 122 valence electrons. The fourth-order valence-electron chi connectivity index (χ4n) is 3.71. The van der Waals surface area contributed by atoms with Crippen molar-refractivity contribution in [3.63, 3.8) is 0 Å². The molecule has 0 unspecified atom stereocenters. The second-order valence-electron chi connectivity index (χ2n) is 6.39. The van der Waals surface area contributed by atoms with Gasteiger partial charge in [-0.1, -0.05) is 24.3 Å². The molecule has 1 aromatic carbocycles. The summed E-state index contributed by atoms with van der Waals surface area (Å²) in [4.78, 5) is 22.3.